The number of halogens is 5. The van der Waals surface area contributed by atoms with E-state index in [2.05, 4.69) is 20.3 Å². The van der Waals surface area contributed by atoms with E-state index in [0.29, 0.717) is 6.42 Å². The average molecular weight is 493 g/mol. The zero-order valence-corrected chi connectivity index (χ0v) is 17.8. The van der Waals surface area contributed by atoms with Crippen molar-refractivity contribution in [2.45, 2.75) is 57.0 Å². The number of nitrogens with zero attached hydrogens (tertiary/aromatic N) is 2. The van der Waals surface area contributed by atoms with E-state index in [1.807, 2.05) is 0 Å². The Morgan fingerprint density at radius 2 is 1.85 bits per heavy atom. The summed E-state index contributed by atoms with van der Waals surface area (Å²) in [4.78, 5) is 22.7. The first-order valence-corrected chi connectivity index (χ1v) is 9.97. The number of nitrogens with two attached hydrogens (primary N) is 1. The van der Waals surface area contributed by atoms with Crippen LogP contribution in [0, 0.1) is 6.42 Å². The number of rotatable bonds is 12. The van der Waals surface area contributed by atoms with Gasteiger partial charge < -0.3 is 25.3 Å². The number of benzene rings is 1. The molecule has 1 heterocycles. The highest BCUT2D eigenvalue weighted by Crippen LogP contribution is 2.28. The Labute approximate surface area is 190 Å². The van der Waals surface area contributed by atoms with Crippen LogP contribution in [0.2, 0.25) is 0 Å². The van der Waals surface area contributed by atoms with Gasteiger partial charge in [-0.3, -0.25) is 9.59 Å². The predicted molar refractivity (Wildman–Crippen MR) is 106 cm³/mol. The average Bonchev–Trinajstić information content (AvgIpc) is 3.24. The third kappa shape index (κ3) is 8.57. The minimum atomic E-state index is -4.85. The van der Waals surface area contributed by atoms with Crippen molar-refractivity contribution in [1.82, 2.24) is 15.5 Å². The van der Waals surface area contributed by atoms with Crippen molar-refractivity contribution in [3.63, 3.8) is 0 Å². The fourth-order valence-electron chi connectivity index (χ4n) is 2.74. The highest BCUT2D eigenvalue weighted by molar-refractivity contribution is 5.85. The molecule has 187 valence electrons. The number of aliphatic hydroxyl groups is 1. The SMILES string of the molecule is CC[C@H](NC(=O)[CH]CC(F)(F)CCC(N)=O)[C@H](O)c1nnc(-c2ccc(OC(F)(F)F)cc2)o1. The number of aliphatic hydroxyl groups excluding tert-OH is 1. The van der Waals surface area contributed by atoms with E-state index in [4.69, 9.17) is 10.2 Å². The van der Waals surface area contributed by atoms with Gasteiger partial charge in [-0.25, -0.2) is 8.78 Å². The molecule has 1 aromatic carbocycles. The molecular weight excluding hydrogens is 471 g/mol. The van der Waals surface area contributed by atoms with Gasteiger partial charge in [-0.2, -0.15) is 0 Å². The van der Waals surface area contributed by atoms with Crippen molar-refractivity contribution in [3.05, 3.63) is 36.6 Å². The second kappa shape index (κ2) is 11.2. The summed E-state index contributed by atoms with van der Waals surface area (Å²) in [6.45, 7) is 1.60. The van der Waals surface area contributed by atoms with Crippen molar-refractivity contribution in [3.8, 4) is 17.2 Å². The fraction of sp³-hybridized carbons (Fsp3) is 0.450. The number of nitrogens with one attached hydrogen (secondary N) is 1. The smallest absolute Gasteiger partial charge is 0.418 e. The van der Waals surface area contributed by atoms with Gasteiger partial charge in [0, 0.05) is 24.8 Å². The maximum absolute atomic E-state index is 13.7. The summed E-state index contributed by atoms with van der Waals surface area (Å²) >= 11 is 0. The first-order chi connectivity index (χ1) is 15.8. The molecular formula is C20H22F5N4O5. The lowest BCUT2D eigenvalue weighted by molar-refractivity contribution is -0.274. The standard InChI is InChI=1S/C20H22F5N4O5/c1-2-13(27-15(31)8-10-19(21,22)9-7-14(26)30)16(32)18-29-28-17(33-18)11-3-5-12(6-4-11)34-20(23,24)25/h3-6,8,13,16,32H,2,7,9-10H2,1H3,(H2,26,30)(H,27,31)/t13-,16-/m0/s1. The Morgan fingerprint density at radius 3 is 2.41 bits per heavy atom. The van der Waals surface area contributed by atoms with Gasteiger partial charge in [0.05, 0.1) is 12.5 Å². The summed E-state index contributed by atoms with van der Waals surface area (Å²) in [5.41, 5.74) is 5.08. The highest BCUT2D eigenvalue weighted by Gasteiger charge is 2.32. The second-order valence-corrected chi connectivity index (χ2v) is 7.22. The summed E-state index contributed by atoms with van der Waals surface area (Å²) < 4.78 is 73.2. The molecule has 2 rings (SSSR count). The molecule has 0 aliphatic heterocycles. The zero-order chi connectivity index (χ0) is 25.5. The van der Waals surface area contributed by atoms with Gasteiger partial charge in [-0.15, -0.1) is 23.4 Å². The first kappa shape index (κ1) is 27.0. The van der Waals surface area contributed by atoms with Gasteiger partial charge in [0.1, 0.15) is 5.75 Å². The number of hydrogen-bond acceptors (Lipinski definition) is 7. The third-order valence-electron chi connectivity index (χ3n) is 4.50. The number of alkyl halides is 5. The van der Waals surface area contributed by atoms with Crippen molar-refractivity contribution in [2.24, 2.45) is 5.73 Å². The molecule has 2 amide bonds. The molecule has 0 fully saturated rings. The molecule has 0 saturated carbocycles. The Bertz CT molecular complexity index is 965. The quantitative estimate of drug-likeness (QED) is 0.386. The summed E-state index contributed by atoms with van der Waals surface area (Å²) in [5, 5.41) is 20.2. The van der Waals surface area contributed by atoms with Crippen LogP contribution in [-0.4, -0.2) is 45.4 Å². The summed E-state index contributed by atoms with van der Waals surface area (Å²) in [7, 11) is 0. The largest absolute Gasteiger partial charge is 0.573 e. The fourth-order valence-corrected chi connectivity index (χ4v) is 2.74. The van der Waals surface area contributed by atoms with Crippen molar-refractivity contribution >= 4 is 11.8 Å². The molecule has 2 atom stereocenters. The Kier molecular flexibility index (Phi) is 8.90. The van der Waals surface area contributed by atoms with Crippen LogP contribution >= 0.6 is 0 Å². The van der Waals surface area contributed by atoms with Crippen LogP contribution in [0.4, 0.5) is 22.0 Å². The van der Waals surface area contributed by atoms with Crippen LogP contribution in [0.15, 0.2) is 28.7 Å². The topological polar surface area (TPSA) is 141 Å². The summed E-state index contributed by atoms with van der Waals surface area (Å²) in [6, 6.07) is 3.56. The molecule has 4 N–H and O–H groups in total. The van der Waals surface area contributed by atoms with Gasteiger partial charge >= 0.3 is 6.36 Å². The number of aromatic nitrogens is 2. The summed E-state index contributed by atoms with van der Waals surface area (Å²) in [5.74, 6) is -5.96. The molecule has 1 radical (unpaired) electrons. The molecule has 9 nitrogen and oxygen atoms in total. The molecule has 0 saturated heterocycles. The number of carbonyl (C=O) groups excluding carboxylic acids is 2. The molecule has 34 heavy (non-hydrogen) atoms. The molecule has 0 aliphatic rings. The maximum Gasteiger partial charge on any atom is 0.573 e. The minimum absolute atomic E-state index is 0.116. The monoisotopic (exact) mass is 493 g/mol. The highest BCUT2D eigenvalue weighted by atomic mass is 19.4. The van der Waals surface area contributed by atoms with Crippen LogP contribution in [-0.2, 0) is 9.59 Å². The minimum Gasteiger partial charge on any atom is -0.418 e. The zero-order valence-electron chi connectivity index (χ0n) is 17.8. The van der Waals surface area contributed by atoms with Crippen LogP contribution < -0.4 is 15.8 Å². The van der Waals surface area contributed by atoms with E-state index in [1.165, 1.54) is 12.1 Å². The van der Waals surface area contributed by atoms with Crippen LogP contribution in [0.1, 0.15) is 44.6 Å². The van der Waals surface area contributed by atoms with Gasteiger partial charge in [-0.1, -0.05) is 6.92 Å². The Balaban J connectivity index is 1.97. The molecule has 0 bridgehead atoms. The van der Waals surface area contributed by atoms with Gasteiger partial charge in [0.2, 0.25) is 29.5 Å². The lowest BCUT2D eigenvalue weighted by Gasteiger charge is -2.21. The molecule has 2 aromatic rings. The number of ether oxygens (including phenoxy) is 1. The number of carbonyl (C=O) groups is 2. The van der Waals surface area contributed by atoms with E-state index in [1.54, 1.807) is 6.92 Å². The van der Waals surface area contributed by atoms with Gasteiger partial charge in [0.25, 0.3) is 0 Å². The van der Waals surface area contributed by atoms with Crippen molar-refractivity contribution in [1.29, 1.82) is 0 Å². The van der Waals surface area contributed by atoms with Crippen LogP contribution in [0.5, 0.6) is 5.75 Å². The first-order valence-electron chi connectivity index (χ1n) is 9.97. The van der Waals surface area contributed by atoms with Crippen molar-refractivity contribution in [2.75, 3.05) is 0 Å². The Hall–Kier alpha value is -3.29. The lowest BCUT2D eigenvalue weighted by Crippen LogP contribution is -2.39. The molecule has 14 heteroatoms. The van der Waals surface area contributed by atoms with Crippen LogP contribution in [0.3, 0.4) is 0 Å². The normalized spacial score (nSPS) is 13.9. The lowest BCUT2D eigenvalue weighted by atomic mass is 10.1. The van der Waals surface area contributed by atoms with E-state index in [9.17, 15) is 36.6 Å². The van der Waals surface area contributed by atoms with Gasteiger partial charge in [0.15, 0.2) is 6.10 Å². The second-order valence-electron chi connectivity index (χ2n) is 7.22. The van der Waals surface area contributed by atoms with E-state index < -0.39 is 61.3 Å². The predicted octanol–water partition coefficient (Wildman–Crippen LogP) is 3.06. The van der Waals surface area contributed by atoms with E-state index in [-0.39, 0.29) is 23.8 Å². The number of primary amides is 1. The van der Waals surface area contributed by atoms with E-state index in [0.717, 1.165) is 12.1 Å². The molecule has 0 unspecified atom stereocenters. The number of amides is 2. The summed E-state index contributed by atoms with van der Waals surface area (Å²) in [6.07, 6.45) is -7.75. The van der Waals surface area contributed by atoms with Crippen molar-refractivity contribution < 1.29 is 45.8 Å². The maximum atomic E-state index is 13.7. The molecule has 1 aromatic heterocycles. The van der Waals surface area contributed by atoms with Crippen LogP contribution in [0.25, 0.3) is 11.5 Å². The number of hydrogen-bond donors (Lipinski definition) is 3. The third-order valence-corrected chi connectivity index (χ3v) is 4.50. The Morgan fingerprint density at radius 1 is 1.21 bits per heavy atom. The van der Waals surface area contributed by atoms with Gasteiger partial charge in [-0.05, 0) is 30.7 Å². The van der Waals surface area contributed by atoms with E-state index >= 15 is 0 Å². The molecule has 0 aliphatic carbocycles. The molecule has 0 spiro atoms.